The van der Waals surface area contributed by atoms with Crippen molar-refractivity contribution in [3.63, 3.8) is 0 Å². The minimum absolute atomic E-state index is 0. The number of nitrogens with two attached hydrogens (primary N) is 1. The van der Waals surface area contributed by atoms with Gasteiger partial charge in [-0.15, -0.1) is 12.4 Å². The number of hydrogen-bond donors (Lipinski definition) is 1. The van der Waals surface area contributed by atoms with Crippen molar-refractivity contribution in [3.8, 4) is 0 Å². The van der Waals surface area contributed by atoms with Crippen LogP contribution in [-0.4, -0.2) is 69.3 Å². The van der Waals surface area contributed by atoms with E-state index in [0.29, 0.717) is 32.8 Å². The molecule has 0 spiro atoms. The number of esters is 2. The lowest BCUT2D eigenvalue weighted by Crippen LogP contribution is -2.29. The van der Waals surface area contributed by atoms with Crippen LogP contribution in [0.25, 0.3) is 0 Å². The van der Waals surface area contributed by atoms with Crippen LogP contribution < -0.4 is 5.73 Å². The quantitative estimate of drug-likeness (QED) is 0.328. The lowest BCUT2D eigenvalue weighted by Gasteiger charge is -2.14. The van der Waals surface area contributed by atoms with Crippen LogP contribution in [0, 0.1) is 0 Å². The van der Waals surface area contributed by atoms with Gasteiger partial charge in [-0.1, -0.05) is 0 Å². The van der Waals surface area contributed by atoms with Crippen LogP contribution in [0.2, 0.25) is 0 Å². The monoisotopic (exact) mass is 372 g/mol. The largest absolute Gasteiger partial charge is 0.466 e. The predicted molar refractivity (Wildman–Crippen MR) is 89.4 cm³/mol. The molecule has 0 radical (unpaired) electrons. The Morgan fingerprint density at radius 2 is 1.46 bits per heavy atom. The van der Waals surface area contributed by atoms with Gasteiger partial charge in [0.15, 0.2) is 0 Å². The van der Waals surface area contributed by atoms with Crippen LogP contribution in [0.4, 0.5) is 0 Å². The van der Waals surface area contributed by atoms with Crippen molar-refractivity contribution in [3.05, 3.63) is 0 Å². The average Bonchev–Trinajstić information content (AvgIpc) is 2.51. The highest BCUT2D eigenvalue weighted by molar-refractivity contribution is 5.85. The fourth-order valence-electron chi connectivity index (χ4n) is 1.18. The predicted octanol–water partition coefficient (Wildman–Crippen LogP) is 0.296. The Kier molecular flexibility index (Phi) is 22.4. The Hall–Kier alpha value is -1.42. The Labute approximate surface area is 149 Å². The zero-order valence-corrected chi connectivity index (χ0v) is 15.6. The zero-order chi connectivity index (χ0) is 18.1. The molecular weight excluding hydrogens is 344 g/mol. The number of likely N-dealkylation sites (N-methyl/N-ethyl adjacent to an activating group) is 1. The van der Waals surface area contributed by atoms with Crippen LogP contribution in [0.3, 0.4) is 0 Å². The van der Waals surface area contributed by atoms with E-state index in [0.717, 1.165) is 0 Å². The molecule has 144 valence electrons. The van der Waals surface area contributed by atoms with Crippen LogP contribution in [0.15, 0.2) is 0 Å². The molecule has 10 heteroatoms. The average molecular weight is 373 g/mol. The van der Waals surface area contributed by atoms with Gasteiger partial charge in [0.1, 0.15) is 0 Å². The number of halogens is 1. The topological polar surface area (TPSA) is 117 Å². The molecule has 0 aromatic heterocycles. The molecule has 0 aliphatic rings. The van der Waals surface area contributed by atoms with Gasteiger partial charge in [0.25, 0.3) is 0 Å². The maximum Gasteiger partial charge on any atom is 0.355 e. The zero-order valence-electron chi connectivity index (χ0n) is 14.7. The van der Waals surface area contributed by atoms with Crippen molar-refractivity contribution in [1.82, 2.24) is 4.90 Å². The molecule has 2 N–H and O–H groups in total. The van der Waals surface area contributed by atoms with E-state index in [1.807, 2.05) is 0 Å². The van der Waals surface area contributed by atoms with Gasteiger partial charge >= 0.3 is 17.9 Å². The van der Waals surface area contributed by atoms with Crippen LogP contribution in [0.1, 0.15) is 27.2 Å². The summed E-state index contributed by atoms with van der Waals surface area (Å²) in [6.45, 7) is 6.92. The summed E-state index contributed by atoms with van der Waals surface area (Å²) in [6, 6.07) is 0. The molecule has 0 amide bonds. The summed E-state index contributed by atoms with van der Waals surface area (Å²) in [4.78, 5) is 42.2. The molecule has 24 heavy (non-hydrogen) atoms. The lowest BCUT2D eigenvalue weighted by atomic mass is 10.4. The number of rotatable bonds is 10. The molecule has 0 bridgehead atoms. The minimum atomic E-state index is -0.549. The summed E-state index contributed by atoms with van der Waals surface area (Å²) in [7, 11) is 1.76. The fraction of sp³-hybridized carbons (Fsp3) is 0.786. The van der Waals surface area contributed by atoms with Gasteiger partial charge in [-0.25, -0.2) is 4.79 Å². The Balaban J connectivity index is -0.000000419. The molecule has 0 saturated carbocycles. The first-order chi connectivity index (χ1) is 10.9. The number of carbonyl (C=O) groups is 3. The number of nitrogens with zero attached hydrogens (tertiary/aromatic N) is 1. The molecule has 0 aliphatic carbocycles. The highest BCUT2D eigenvalue weighted by atomic mass is 35.5. The molecule has 0 aromatic rings. The normalized spacial score (nSPS) is 9.25. The number of ether oxygens (including phenoxy) is 2. The van der Waals surface area contributed by atoms with Crippen molar-refractivity contribution in [1.29, 1.82) is 0 Å². The Morgan fingerprint density at radius 1 is 0.917 bits per heavy atom. The molecule has 0 fully saturated rings. The van der Waals surface area contributed by atoms with Crippen LogP contribution in [-0.2, 0) is 33.6 Å². The molecular formula is C14H29ClN2O7. The molecule has 0 atom stereocenters. The second-order valence-electron chi connectivity index (χ2n) is 4.16. The van der Waals surface area contributed by atoms with Gasteiger partial charge in [0.05, 0.1) is 39.3 Å². The maximum atomic E-state index is 11.0. The second kappa shape index (κ2) is 19.6. The third-order valence-corrected chi connectivity index (χ3v) is 2.14. The highest BCUT2D eigenvalue weighted by Crippen LogP contribution is 1.92. The number of carbonyl (C=O) groups excluding carboxylic acids is 3. The third kappa shape index (κ3) is 20.6. The molecule has 0 rings (SSSR count). The van der Waals surface area contributed by atoms with Crippen molar-refractivity contribution >= 4 is 30.3 Å². The van der Waals surface area contributed by atoms with Crippen molar-refractivity contribution in [2.75, 3.05) is 46.5 Å². The summed E-state index contributed by atoms with van der Waals surface area (Å²) in [5.74, 6) is -1.07. The van der Waals surface area contributed by atoms with Gasteiger partial charge in [0, 0.05) is 6.54 Å². The first-order valence-electron chi connectivity index (χ1n) is 7.43. The van der Waals surface area contributed by atoms with Gasteiger partial charge in [0.2, 0.25) is 0 Å². The molecule has 0 heterocycles. The molecule has 0 aliphatic heterocycles. The standard InChI is InChI=1S/C10H19NO4.C4H9NO3.ClH/c1-4-14-9(12)6-7-11(3)8-10(13)15-5-2;1-2-7-8-4(6)3-5;/h4-8H2,1-3H3;2-3,5H2,1H3;1H. The SMILES string of the molecule is CCOC(=O)CCN(C)CC(=O)OCC.CCOOC(=O)CN.Cl. The van der Waals surface area contributed by atoms with E-state index in [9.17, 15) is 14.4 Å². The Bertz CT molecular complexity index is 343. The van der Waals surface area contributed by atoms with Crippen molar-refractivity contribution in [2.45, 2.75) is 27.2 Å². The van der Waals surface area contributed by atoms with Crippen molar-refractivity contribution in [2.24, 2.45) is 5.73 Å². The summed E-state index contributed by atoms with van der Waals surface area (Å²) >= 11 is 0. The highest BCUT2D eigenvalue weighted by Gasteiger charge is 2.09. The van der Waals surface area contributed by atoms with Gasteiger partial charge in [-0.2, -0.15) is 4.89 Å². The second-order valence-corrected chi connectivity index (χ2v) is 4.16. The van der Waals surface area contributed by atoms with E-state index in [-0.39, 0.29) is 37.4 Å². The molecule has 0 saturated heterocycles. The Morgan fingerprint density at radius 3 is 1.92 bits per heavy atom. The van der Waals surface area contributed by atoms with Gasteiger partial charge < -0.3 is 15.2 Å². The summed E-state index contributed by atoms with van der Waals surface area (Å²) < 4.78 is 9.53. The summed E-state index contributed by atoms with van der Waals surface area (Å²) in [5.41, 5.74) is 4.86. The molecule has 9 nitrogen and oxygen atoms in total. The smallest absolute Gasteiger partial charge is 0.355 e. The summed E-state index contributed by atoms with van der Waals surface area (Å²) in [5, 5.41) is 0. The lowest BCUT2D eigenvalue weighted by molar-refractivity contribution is -0.268. The van der Waals surface area contributed by atoms with E-state index in [1.54, 1.807) is 32.7 Å². The van der Waals surface area contributed by atoms with E-state index in [1.165, 1.54) is 0 Å². The van der Waals surface area contributed by atoms with E-state index >= 15 is 0 Å². The van der Waals surface area contributed by atoms with Crippen molar-refractivity contribution < 1.29 is 33.6 Å². The first-order valence-corrected chi connectivity index (χ1v) is 7.43. The van der Waals surface area contributed by atoms with Crippen LogP contribution in [0.5, 0.6) is 0 Å². The minimum Gasteiger partial charge on any atom is -0.466 e. The van der Waals surface area contributed by atoms with E-state index < -0.39 is 5.97 Å². The van der Waals surface area contributed by atoms with Gasteiger partial charge in [-0.3, -0.25) is 19.4 Å². The van der Waals surface area contributed by atoms with E-state index in [2.05, 4.69) is 9.78 Å². The van der Waals surface area contributed by atoms with Crippen LogP contribution >= 0.6 is 12.4 Å². The first kappa shape index (κ1) is 27.4. The molecule has 0 unspecified atom stereocenters. The fourth-order valence-corrected chi connectivity index (χ4v) is 1.18. The molecule has 0 aromatic carbocycles. The van der Waals surface area contributed by atoms with E-state index in [4.69, 9.17) is 15.2 Å². The number of hydrogen-bond acceptors (Lipinski definition) is 9. The maximum absolute atomic E-state index is 11.0. The third-order valence-electron chi connectivity index (χ3n) is 2.14. The van der Waals surface area contributed by atoms with Gasteiger partial charge in [-0.05, 0) is 27.8 Å². The summed E-state index contributed by atoms with van der Waals surface area (Å²) in [6.07, 6.45) is 0.295.